The van der Waals surface area contributed by atoms with Gasteiger partial charge in [0.1, 0.15) is 0 Å². The van der Waals surface area contributed by atoms with E-state index in [2.05, 4.69) is 11.5 Å². The number of hydrogen-bond donors (Lipinski definition) is 0. The normalized spacial score (nSPS) is 19.5. The number of ether oxygens (including phenoxy) is 2. The highest BCUT2D eigenvalue weighted by atomic mass is 16.6. The predicted octanol–water partition coefficient (Wildman–Crippen LogP) is 3.53. The molecule has 0 radical (unpaired) electrons. The molecule has 0 unspecified atom stereocenters. The van der Waals surface area contributed by atoms with Crippen molar-refractivity contribution in [3.63, 3.8) is 0 Å². The average molecular weight is 332 g/mol. The Morgan fingerprint density at radius 1 is 1.42 bits per heavy atom. The first-order valence-electron chi connectivity index (χ1n) is 8.34. The Morgan fingerprint density at radius 3 is 2.67 bits per heavy atom. The number of benzene rings is 1. The molecule has 1 heterocycles. The summed E-state index contributed by atoms with van der Waals surface area (Å²) < 4.78 is 11.2. The van der Waals surface area contributed by atoms with E-state index in [0.29, 0.717) is 19.0 Å². The predicted molar refractivity (Wildman–Crippen MR) is 91.2 cm³/mol. The number of nitrogens with zero attached hydrogens (tertiary/aromatic N) is 2. The first-order chi connectivity index (χ1) is 11.3. The van der Waals surface area contributed by atoms with Crippen molar-refractivity contribution in [2.24, 2.45) is 0 Å². The van der Waals surface area contributed by atoms with Crippen LogP contribution in [-0.4, -0.2) is 35.7 Å². The van der Waals surface area contributed by atoms with Crippen molar-refractivity contribution in [3.05, 3.63) is 45.6 Å². The molecule has 2 fully saturated rings. The number of aryl methyl sites for hydroxylation is 1. The maximum Gasteiger partial charge on any atom is 0.311 e. The summed E-state index contributed by atoms with van der Waals surface area (Å²) >= 11 is 0. The van der Waals surface area contributed by atoms with E-state index in [-0.39, 0.29) is 22.3 Å². The van der Waals surface area contributed by atoms with Crippen LogP contribution in [0.2, 0.25) is 0 Å². The monoisotopic (exact) mass is 332 g/mol. The molecule has 0 bridgehead atoms. The summed E-state index contributed by atoms with van der Waals surface area (Å²) in [5.74, 6) is 0.348. The van der Waals surface area contributed by atoms with Crippen LogP contribution in [0.25, 0.3) is 0 Å². The zero-order chi connectivity index (χ0) is 17.5. The number of nitro benzene ring substituents is 1. The lowest BCUT2D eigenvalue weighted by molar-refractivity contribution is -0.386. The lowest BCUT2D eigenvalue weighted by Gasteiger charge is -2.39. The molecule has 1 aromatic carbocycles. The molecule has 0 amide bonds. The Kier molecular flexibility index (Phi) is 4.25. The Balaban J connectivity index is 2.04. The second-order valence-electron chi connectivity index (χ2n) is 6.86. The van der Waals surface area contributed by atoms with Gasteiger partial charge in [-0.25, -0.2) is 0 Å². The van der Waals surface area contributed by atoms with Crippen molar-refractivity contribution in [3.8, 4) is 5.75 Å². The summed E-state index contributed by atoms with van der Waals surface area (Å²) in [7, 11) is 0. The van der Waals surface area contributed by atoms with Crippen LogP contribution >= 0.6 is 0 Å². The molecule has 0 atom stereocenters. The van der Waals surface area contributed by atoms with E-state index in [1.807, 2.05) is 26.8 Å². The van der Waals surface area contributed by atoms with E-state index in [1.165, 1.54) is 0 Å². The molecule has 2 aliphatic rings. The number of morpholine rings is 1. The molecule has 130 valence electrons. The molecule has 6 nitrogen and oxygen atoms in total. The Bertz CT molecular complexity index is 680. The van der Waals surface area contributed by atoms with Gasteiger partial charge in [0.2, 0.25) is 0 Å². The van der Waals surface area contributed by atoms with Crippen LogP contribution in [0.5, 0.6) is 5.75 Å². The van der Waals surface area contributed by atoms with Crippen LogP contribution < -0.4 is 4.74 Å². The first-order valence-corrected chi connectivity index (χ1v) is 8.34. The molecular formula is C18H24N2O4. The fraction of sp³-hybridized carbons (Fsp3) is 0.556. The van der Waals surface area contributed by atoms with Crippen molar-refractivity contribution in [1.29, 1.82) is 0 Å². The van der Waals surface area contributed by atoms with Crippen molar-refractivity contribution in [2.45, 2.75) is 45.3 Å². The van der Waals surface area contributed by atoms with E-state index in [4.69, 9.17) is 9.47 Å². The van der Waals surface area contributed by atoms with Crippen LogP contribution in [0, 0.1) is 17.0 Å². The summed E-state index contributed by atoms with van der Waals surface area (Å²) in [6.45, 7) is 11.8. The van der Waals surface area contributed by atoms with Gasteiger partial charge < -0.3 is 14.4 Å². The molecule has 6 heteroatoms. The molecule has 1 saturated heterocycles. The zero-order valence-electron chi connectivity index (χ0n) is 14.5. The topological polar surface area (TPSA) is 64.8 Å². The fourth-order valence-corrected chi connectivity index (χ4v) is 3.57. The minimum Gasteiger partial charge on any atom is -0.484 e. The largest absolute Gasteiger partial charge is 0.484 e. The van der Waals surface area contributed by atoms with E-state index in [0.717, 1.165) is 36.2 Å². The van der Waals surface area contributed by atoms with Crippen LogP contribution in [0.3, 0.4) is 0 Å². The van der Waals surface area contributed by atoms with Crippen molar-refractivity contribution in [1.82, 2.24) is 4.90 Å². The maximum absolute atomic E-state index is 11.4. The summed E-state index contributed by atoms with van der Waals surface area (Å²) in [6.07, 6.45) is 1.92. The zero-order valence-corrected chi connectivity index (χ0v) is 14.5. The van der Waals surface area contributed by atoms with E-state index in [9.17, 15) is 10.1 Å². The third kappa shape index (κ3) is 2.86. The lowest BCUT2D eigenvalue weighted by atomic mass is 9.95. The standard InChI is InChI=1S/C18H24N2O4/c1-12(2)24-17-10-15(13(3)9-16(17)20(21)22)18(5-6-18)19-7-8-23-11-14(19)4/h9-10,12H,4-8,11H2,1-3H3. The maximum atomic E-state index is 11.4. The van der Waals surface area contributed by atoms with Gasteiger partial charge in [0.05, 0.1) is 29.8 Å². The minimum atomic E-state index is -0.373. The summed E-state index contributed by atoms with van der Waals surface area (Å²) in [6, 6.07) is 3.50. The van der Waals surface area contributed by atoms with Crippen molar-refractivity contribution in [2.75, 3.05) is 19.8 Å². The van der Waals surface area contributed by atoms with Gasteiger partial charge in [-0.2, -0.15) is 0 Å². The summed E-state index contributed by atoms with van der Waals surface area (Å²) in [4.78, 5) is 13.3. The van der Waals surface area contributed by atoms with Crippen LogP contribution in [0.4, 0.5) is 5.69 Å². The molecule has 1 aliphatic heterocycles. The minimum absolute atomic E-state index is 0.0292. The van der Waals surface area contributed by atoms with Gasteiger partial charge in [0.25, 0.3) is 0 Å². The van der Waals surface area contributed by atoms with Crippen molar-refractivity contribution >= 4 is 5.69 Å². The van der Waals surface area contributed by atoms with Gasteiger partial charge in [-0.3, -0.25) is 10.1 Å². The molecule has 3 rings (SSSR count). The highest BCUT2D eigenvalue weighted by molar-refractivity contribution is 5.55. The smallest absolute Gasteiger partial charge is 0.311 e. The highest BCUT2D eigenvalue weighted by Gasteiger charge is 2.51. The Labute approximate surface area is 142 Å². The van der Waals surface area contributed by atoms with Gasteiger partial charge in [0.15, 0.2) is 5.75 Å². The molecule has 0 aromatic heterocycles. The number of rotatable bonds is 5. The van der Waals surface area contributed by atoms with Gasteiger partial charge in [-0.1, -0.05) is 6.58 Å². The highest BCUT2D eigenvalue weighted by Crippen LogP contribution is 2.55. The quantitative estimate of drug-likeness (QED) is 0.610. The van der Waals surface area contributed by atoms with Gasteiger partial charge in [-0.15, -0.1) is 0 Å². The van der Waals surface area contributed by atoms with Crippen LogP contribution in [-0.2, 0) is 10.3 Å². The van der Waals surface area contributed by atoms with Crippen LogP contribution in [0.15, 0.2) is 24.4 Å². The molecular weight excluding hydrogens is 308 g/mol. The molecule has 0 N–H and O–H groups in total. The Hall–Kier alpha value is -2.08. The third-order valence-corrected chi connectivity index (χ3v) is 4.72. The third-order valence-electron chi connectivity index (χ3n) is 4.72. The second kappa shape index (κ2) is 6.09. The molecule has 24 heavy (non-hydrogen) atoms. The van der Waals surface area contributed by atoms with Gasteiger partial charge in [0, 0.05) is 18.3 Å². The Morgan fingerprint density at radius 2 is 2.12 bits per heavy atom. The second-order valence-corrected chi connectivity index (χ2v) is 6.86. The van der Waals surface area contributed by atoms with Crippen molar-refractivity contribution < 1.29 is 14.4 Å². The summed E-state index contributed by atoms with van der Waals surface area (Å²) in [5, 5.41) is 11.4. The summed E-state index contributed by atoms with van der Waals surface area (Å²) in [5.41, 5.74) is 2.92. The molecule has 1 aromatic rings. The average Bonchev–Trinajstić information content (AvgIpc) is 3.30. The molecule has 1 saturated carbocycles. The van der Waals surface area contributed by atoms with Crippen LogP contribution in [0.1, 0.15) is 37.8 Å². The van der Waals surface area contributed by atoms with E-state index >= 15 is 0 Å². The first kappa shape index (κ1) is 16.8. The SMILES string of the molecule is C=C1COCCN1C1(c2cc(OC(C)C)c([N+](=O)[O-])cc2C)CC1. The molecule has 1 aliphatic carbocycles. The number of nitro groups is 1. The van der Waals surface area contributed by atoms with Gasteiger partial charge in [-0.05, 0) is 50.8 Å². The van der Waals surface area contributed by atoms with E-state index in [1.54, 1.807) is 6.07 Å². The van der Waals surface area contributed by atoms with Gasteiger partial charge >= 0.3 is 5.69 Å². The number of hydrogen-bond acceptors (Lipinski definition) is 5. The lowest BCUT2D eigenvalue weighted by Crippen LogP contribution is -2.42. The fourth-order valence-electron chi connectivity index (χ4n) is 3.57. The van der Waals surface area contributed by atoms with E-state index < -0.39 is 0 Å². The molecule has 0 spiro atoms.